The SMILES string of the molecule is Cc1ccccc1-c1nnc(S[C@H](C)C(=O)N[C@@H]2CCCC[C@@H]2C)o1. The predicted octanol–water partition coefficient (Wildman–Crippen LogP) is 4.22. The van der Waals surface area contributed by atoms with E-state index in [9.17, 15) is 4.79 Å². The van der Waals surface area contributed by atoms with Gasteiger partial charge in [0, 0.05) is 11.6 Å². The highest BCUT2D eigenvalue weighted by atomic mass is 32.2. The molecule has 1 aliphatic rings. The van der Waals surface area contributed by atoms with Crippen LogP contribution >= 0.6 is 11.8 Å². The number of carbonyl (C=O) groups excluding carboxylic acids is 1. The van der Waals surface area contributed by atoms with E-state index in [0.29, 0.717) is 17.0 Å². The minimum absolute atomic E-state index is 0.0411. The normalized spacial score (nSPS) is 21.7. The third-order valence-corrected chi connectivity index (χ3v) is 5.80. The summed E-state index contributed by atoms with van der Waals surface area (Å²) >= 11 is 1.31. The molecule has 3 atom stereocenters. The molecule has 1 amide bonds. The summed E-state index contributed by atoms with van der Waals surface area (Å²) in [6.07, 6.45) is 4.72. The van der Waals surface area contributed by atoms with Crippen molar-refractivity contribution in [1.82, 2.24) is 15.5 Å². The molecule has 1 aromatic heterocycles. The number of aryl methyl sites for hydroxylation is 1. The molecular formula is C19H25N3O2S. The number of aromatic nitrogens is 2. The largest absolute Gasteiger partial charge is 0.411 e. The van der Waals surface area contributed by atoms with E-state index in [1.54, 1.807) is 0 Å². The van der Waals surface area contributed by atoms with E-state index >= 15 is 0 Å². The molecule has 6 heteroatoms. The summed E-state index contributed by atoms with van der Waals surface area (Å²) in [7, 11) is 0. The Kier molecular flexibility index (Phi) is 5.78. The lowest BCUT2D eigenvalue weighted by atomic mass is 9.86. The highest BCUT2D eigenvalue weighted by Crippen LogP contribution is 2.29. The van der Waals surface area contributed by atoms with Gasteiger partial charge in [-0.25, -0.2) is 0 Å². The molecule has 0 saturated heterocycles. The first-order chi connectivity index (χ1) is 12.0. The maximum absolute atomic E-state index is 12.5. The average Bonchev–Trinajstić information content (AvgIpc) is 3.05. The van der Waals surface area contributed by atoms with Crippen LogP contribution in [0.1, 0.15) is 45.1 Å². The second-order valence-electron chi connectivity index (χ2n) is 6.82. The Labute approximate surface area is 153 Å². The fourth-order valence-electron chi connectivity index (χ4n) is 3.21. The third-order valence-electron chi connectivity index (χ3n) is 4.87. The zero-order valence-corrected chi connectivity index (χ0v) is 15.8. The van der Waals surface area contributed by atoms with Crippen LogP contribution in [0.3, 0.4) is 0 Å². The van der Waals surface area contributed by atoms with Crippen LogP contribution in [0.15, 0.2) is 33.9 Å². The van der Waals surface area contributed by atoms with E-state index in [1.807, 2.05) is 38.1 Å². The van der Waals surface area contributed by atoms with Crippen molar-refractivity contribution in [2.75, 3.05) is 0 Å². The molecule has 1 N–H and O–H groups in total. The summed E-state index contributed by atoms with van der Waals surface area (Å²) in [5, 5.41) is 11.6. The number of nitrogens with zero attached hydrogens (tertiary/aromatic N) is 2. The van der Waals surface area contributed by atoms with Gasteiger partial charge >= 0.3 is 0 Å². The summed E-state index contributed by atoms with van der Waals surface area (Å²) < 4.78 is 5.74. The van der Waals surface area contributed by atoms with Crippen molar-refractivity contribution in [3.05, 3.63) is 29.8 Å². The highest BCUT2D eigenvalue weighted by molar-refractivity contribution is 8.00. The maximum atomic E-state index is 12.5. The smallest absolute Gasteiger partial charge is 0.277 e. The lowest BCUT2D eigenvalue weighted by Crippen LogP contribution is -2.44. The molecule has 1 saturated carbocycles. The number of benzene rings is 1. The summed E-state index contributed by atoms with van der Waals surface area (Å²) in [4.78, 5) is 12.5. The molecule has 1 aliphatic carbocycles. The molecule has 3 rings (SSSR count). The van der Waals surface area contributed by atoms with E-state index in [0.717, 1.165) is 17.5 Å². The van der Waals surface area contributed by atoms with Crippen molar-refractivity contribution >= 4 is 17.7 Å². The quantitative estimate of drug-likeness (QED) is 0.810. The van der Waals surface area contributed by atoms with E-state index in [1.165, 1.54) is 31.0 Å². The van der Waals surface area contributed by atoms with Gasteiger partial charge in [-0.05, 0) is 44.2 Å². The molecule has 1 fully saturated rings. The Morgan fingerprint density at radius 2 is 2.04 bits per heavy atom. The summed E-state index contributed by atoms with van der Waals surface area (Å²) in [6.45, 7) is 6.10. The molecule has 2 aromatic rings. The van der Waals surface area contributed by atoms with Gasteiger partial charge < -0.3 is 9.73 Å². The average molecular weight is 359 g/mol. The number of thioether (sulfide) groups is 1. The molecule has 0 bridgehead atoms. The van der Waals surface area contributed by atoms with Crippen LogP contribution in [0.25, 0.3) is 11.5 Å². The highest BCUT2D eigenvalue weighted by Gasteiger charge is 2.26. The molecule has 5 nitrogen and oxygen atoms in total. The van der Waals surface area contributed by atoms with Crippen LogP contribution in [-0.4, -0.2) is 27.4 Å². The minimum atomic E-state index is -0.265. The number of carbonyl (C=O) groups is 1. The van der Waals surface area contributed by atoms with Crippen LogP contribution < -0.4 is 5.32 Å². The zero-order chi connectivity index (χ0) is 17.8. The molecule has 25 heavy (non-hydrogen) atoms. The van der Waals surface area contributed by atoms with Gasteiger partial charge in [0.25, 0.3) is 5.22 Å². The molecule has 1 aromatic carbocycles. The maximum Gasteiger partial charge on any atom is 0.277 e. The van der Waals surface area contributed by atoms with Crippen molar-refractivity contribution in [1.29, 1.82) is 0 Å². The van der Waals surface area contributed by atoms with E-state index < -0.39 is 0 Å². The number of nitrogens with one attached hydrogen (secondary N) is 1. The predicted molar refractivity (Wildman–Crippen MR) is 99.4 cm³/mol. The Morgan fingerprint density at radius 1 is 1.28 bits per heavy atom. The number of hydrogen-bond donors (Lipinski definition) is 1. The van der Waals surface area contributed by atoms with Crippen molar-refractivity contribution in [3.8, 4) is 11.5 Å². The second kappa shape index (κ2) is 8.04. The first-order valence-electron chi connectivity index (χ1n) is 8.91. The standard InChI is InChI=1S/C19H25N3O2S/c1-12-8-4-6-10-15(12)18-21-22-19(24-18)25-14(3)17(23)20-16-11-7-5-9-13(16)2/h4,6,8,10,13-14,16H,5,7,9,11H2,1-3H3,(H,20,23)/t13-,14+,16+/m0/s1. The van der Waals surface area contributed by atoms with Gasteiger partial charge in [0.2, 0.25) is 11.8 Å². The van der Waals surface area contributed by atoms with Crippen LogP contribution in [0.2, 0.25) is 0 Å². The Morgan fingerprint density at radius 3 is 2.80 bits per heavy atom. The number of rotatable bonds is 5. The van der Waals surface area contributed by atoms with E-state index in [4.69, 9.17) is 4.42 Å². The van der Waals surface area contributed by atoms with Gasteiger partial charge in [0.1, 0.15) is 0 Å². The second-order valence-corrected chi connectivity index (χ2v) is 8.12. The van der Waals surface area contributed by atoms with E-state index in [2.05, 4.69) is 22.4 Å². The molecule has 1 heterocycles. The van der Waals surface area contributed by atoms with Crippen molar-refractivity contribution in [2.45, 2.75) is 63.0 Å². The first-order valence-corrected chi connectivity index (χ1v) is 9.79. The third kappa shape index (κ3) is 4.42. The topological polar surface area (TPSA) is 68.0 Å². The van der Waals surface area contributed by atoms with Gasteiger partial charge in [0.05, 0.1) is 5.25 Å². The molecule has 0 unspecified atom stereocenters. The minimum Gasteiger partial charge on any atom is -0.411 e. The lowest BCUT2D eigenvalue weighted by Gasteiger charge is -2.30. The van der Waals surface area contributed by atoms with E-state index in [-0.39, 0.29) is 17.2 Å². The van der Waals surface area contributed by atoms with Gasteiger partial charge in [-0.3, -0.25) is 4.79 Å². The molecule has 0 radical (unpaired) electrons. The summed E-state index contributed by atoms with van der Waals surface area (Å²) in [5.41, 5.74) is 2.01. The van der Waals surface area contributed by atoms with Crippen molar-refractivity contribution in [2.24, 2.45) is 5.92 Å². The van der Waals surface area contributed by atoms with Crippen LogP contribution in [-0.2, 0) is 4.79 Å². The molecular weight excluding hydrogens is 334 g/mol. The Hall–Kier alpha value is -1.82. The van der Waals surface area contributed by atoms with Crippen molar-refractivity contribution in [3.63, 3.8) is 0 Å². The fraction of sp³-hybridized carbons (Fsp3) is 0.526. The number of amides is 1. The summed E-state index contributed by atoms with van der Waals surface area (Å²) in [5.74, 6) is 1.08. The zero-order valence-electron chi connectivity index (χ0n) is 15.0. The van der Waals surface area contributed by atoms with Gasteiger partial charge in [-0.2, -0.15) is 0 Å². The van der Waals surface area contributed by atoms with Crippen molar-refractivity contribution < 1.29 is 9.21 Å². The van der Waals surface area contributed by atoms with Gasteiger partial charge in [-0.15, -0.1) is 10.2 Å². The Balaban J connectivity index is 1.60. The van der Waals surface area contributed by atoms with Crippen LogP contribution in [0.4, 0.5) is 0 Å². The number of hydrogen-bond acceptors (Lipinski definition) is 5. The Bertz CT molecular complexity index is 731. The molecule has 0 spiro atoms. The fourth-order valence-corrected chi connectivity index (χ4v) is 3.91. The lowest BCUT2D eigenvalue weighted by molar-refractivity contribution is -0.121. The summed E-state index contributed by atoms with van der Waals surface area (Å²) in [6, 6.07) is 8.17. The molecule has 134 valence electrons. The van der Waals surface area contributed by atoms with Gasteiger partial charge in [0.15, 0.2) is 0 Å². The van der Waals surface area contributed by atoms with Gasteiger partial charge in [-0.1, -0.05) is 49.7 Å². The van der Waals surface area contributed by atoms with Crippen LogP contribution in [0, 0.1) is 12.8 Å². The molecule has 0 aliphatic heterocycles. The first kappa shape index (κ1) is 18.0. The monoisotopic (exact) mass is 359 g/mol. The van der Waals surface area contributed by atoms with Crippen LogP contribution in [0.5, 0.6) is 0 Å².